The molecule has 6 nitrogen and oxygen atoms in total. The third kappa shape index (κ3) is 2.60. The molecule has 0 bridgehead atoms. The van der Waals surface area contributed by atoms with Crippen molar-refractivity contribution in [2.75, 3.05) is 0 Å². The number of esters is 1. The van der Waals surface area contributed by atoms with E-state index in [0.29, 0.717) is 11.5 Å². The fourth-order valence-electron chi connectivity index (χ4n) is 1.40. The van der Waals surface area contributed by atoms with Gasteiger partial charge in [0.05, 0.1) is 0 Å². The standard InChI is InChI=1S/C12H11NO5/c1-7-4-8(13-18-7)6-17-12(16)10-3-2-9(14)5-11(10)15/h2-5,14-15H,6H2,1H3. The second-order valence-corrected chi connectivity index (χ2v) is 3.71. The number of aryl methyl sites for hydroxylation is 1. The number of hydrogen-bond donors (Lipinski definition) is 2. The van der Waals surface area contributed by atoms with Gasteiger partial charge in [-0.3, -0.25) is 0 Å². The summed E-state index contributed by atoms with van der Waals surface area (Å²) in [5, 5.41) is 22.2. The average molecular weight is 249 g/mol. The Bertz CT molecular complexity index is 576. The number of benzene rings is 1. The normalized spacial score (nSPS) is 10.3. The SMILES string of the molecule is Cc1cc(COC(=O)c2ccc(O)cc2O)no1. The second kappa shape index (κ2) is 4.79. The Balaban J connectivity index is 2.03. The zero-order valence-electron chi connectivity index (χ0n) is 9.58. The van der Waals surface area contributed by atoms with Crippen LogP contribution < -0.4 is 0 Å². The minimum atomic E-state index is -0.701. The first-order valence-electron chi connectivity index (χ1n) is 5.17. The van der Waals surface area contributed by atoms with Crippen LogP contribution in [0.15, 0.2) is 28.8 Å². The van der Waals surface area contributed by atoms with Gasteiger partial charge in [-0.05, 0) is 19.1 Å². The molecule has 0 saturated heterocycles. The van der Waals surface area contributed by atoms with Gasteiger partial charge in [-0.1, -0.05) is 5.16 Å². The maximum Gasteiger partial charge on any atom is 0.342 e. The molecule has 0 atom stereocenters. The Morgan fingerprint density at radius 2 is 2.17 bits per heavy atom. The van der Waals surface area contributed by atoms with Gasteiger partial charge >= 0.3 is 5.97 Å². The number of hydrogen-bond acceptors (Lipinski definition) is 6. The molecule has 2 N–H and O–H groups in total. The van der Waals surface area contributed by atoms with Crippen LogP contribution in [0, 0.1) is 6.92 Å². The van der Waals surface area contributed by atoms with Crippen LogP contribution in [-0.2, 0) is 11.3 Å². The molecule has 2 aromatic rings. The Hall–Kier alpha value is -2.50. The number of rotatable bonds is 3. The van der Waals surface area contributed by atoms with Crippen LogP contribution in [0.5, 0.6) is 11.5 Å². The molecule has 1 aromatic heterocycles. The Labute approximate surface area is 102 Å². The highest BCUT2D eigenvalue weighted by atomic mass is 16.5. The number of aromatic nitrogens is 1. The Morgan fingerprint density at radius 3 is 2.78 bits per heavy atom. The third-order valence-electron chi connectivity index (χ3n) is 2.23. The predicted octanol–water partition coefficient (Wildman–Crippen LogP) is 1.75. The molecule has 0 aliphatic heterocycles. The van der Waals surface area contributed by atoms with E-state index in [-0.39, 0.29) is 23.7 Å². The van der Waals surface area contributed by atoms with Crippen LogP contribution in [0.4, 0.5) is 0 Å². The van der Waals surface area contributed by atoms with Crippen LogP contribution in [-0.4, -0.2) is 21.3 Å². The highest BCUT2D eigenvalue weighted by molar-refractivity contribution is 5.92. The van der Waals surface area contributed by atoms with E-state index < -0.39 is 5.97 Å². The molecule has 0 amide bonds. The Kier molecular flexibility index (Phi) is 3.18. The first-order chi connectivity index (χ1) is 8.56. The summed E-state index contributed by atoms with van der Waals surface area (Å²) in [5.41, 5.74) is 0.465. The van der Waals surface area contributed by atoms with E-state index in [1.54, 1.807) is 13.0 Å². The van der Waals surface area contributed by atoms with Crippen molar-refractivity contribution in [3.63, 3.8) is 0 Å². The molecule has 0 spiro atoms. The van der Waals surface area contributed by atoms with Crippen molar-refractivity contribution < 1.29 is 24.3 Å². The molecular weight excluding hydrogens is 238 g/mol. The molecule has 0 aliphatic rings. The van der Waals surface area contributed by atoms with Crippen LogP contribution >= 0.6 is 0 Å². The van der Waals surface area contributed by atoms with E-state index in [1.807, 2.05) is 0 Å². The molecule has 1 aromatic carbocycles. The van der Waals surface area contributed by atoms with Crippen molar-refractivity contribution in [3.8, 4) is 11.5 Å². The smallest absolute Gasteiger partial charge is 0.342 e. The summed E-state index contributed by atoms with van der Waals surface area (Å²) >= 11 is 0. The zero-order valence-corrected chi connectivity index (χ0v) is 9.58. The lowest BCUT2D eigenvalue weighted by Crippen LogP contribution is -2.05. The molecular formula is C12H11NO5. The molecule has 0 saturated carbocycles. The number of carbonyl (C=O) groups is 1. The second-order valence-electron chi connectivity index (χ2n) is 3.71. The van der Waals surface area contributed by atoms with E-state index in [2.05, 4.69) is 5.16 Å². The summed E-state index contributed by atoms with van der Waals surface area (Å²) in [7, 11) is 0. The maximum absolute atomic E-state index is 11.6. The number of carbonyl (C=O) groups excluding carboxylic acids is 1. The van der Waals surface area contributed by atoms with E-state index in [0.717, 1.165) is 6.07 Å². The van der Waals surface area contributed by atoms with Crippen molar-refractivity contribution in [2.24, 2.45) is 0 Å². The van der Waals surface area contributed by atoms with Crippen molar-refractivity contribution in [1.82, 2.24) is 5.16 Å². The number of ether oxygens (including phenoxy) is 1. The molecule has 2 rings (SSSR count). The van der Waals surface area contributed by atoms with Gasteiger partial charge in [0.2, 0.25) is 0 Å². The number of aromatic hydroxyl groups is 2. The van der Waals surface area contributed by atoms with Crippen LogP contribution in [0.3, 0.4) is 0 Å². The summed E-state index contributed by atoms with van der Waals surface area (Å²) in [6, 6.07) is 5.28. The van der Waals surface area contributed by atoms with Gasteiger partial charge in [0.1, 0.15) is 35.1 Å². The molecule has 0 aliphatic carbocycles. The summed E-state index contributed by atoms with van der Waals surface area (Å²) in [6.07, 6.45) is 0. The van der Waals surface area contributed by atoms with E-state index in [1.165, 1.54) is 12.1 Å². The predicted molar refractivity (Wildman–Crippen MR) is 60.1 cm³/mol. The molecule has 6 heteroatoms. The number of phenolic OH excluding ortho intramolecular Hbond substituents is 2. The summed E-state index contributed by atoms with van der Waals surface area (Å²) in [4.78, 5) is 11.6. The lowest BCUT2D eigenvalue weighted by atomic mass is 10.2. The highest BCUT2D eigenvalue weighted by Gasteiger charge is 2.14. The first-order valence-corrected chi connectivity index (χ1v) is 5.17. The molecule has 94 valence electrons. The monoisotopic (exact) mass is 249 g/mol. The third-order valence-corrected chi connectivity index (χ3v) is 2.23. The Morgan fingerprint density at radius 1 is 1.39 bits per heavy atom. The molecule has 1 heterocycles. The van der Waals surface area contributed by atoms with Gasteiger partial charge in [-0.15, -0.1) is 0 Å². The largest absolute Gasteiger partial charge is 0.508 e. The number of phenols is 2. The van der Waals surface area contributed by atoms with Gasteiger partial charge in [0.15, 0.2) is 0 Å². The van der Waals surface area contributed by atoms with Gasteiger partial charge in [0, 0.05) is 12.1 Å². The maximum atomic E-state index is 11.6. The van der Waals surface area contributed by atoms with Crippen LogP contribution in [0.1, 0.15) is 21.8 Å². The fourth-order valence-corrected chi connectivity index (χ4v) is 1.40. The van der Waals surface area contributed by atoms with Crippen LogP contribution in [0.25, 0.3) is 0 Å². The summed E-state index contributed by atoms with van der Waals surface area (Å²) in [5.74, 6) is -0.547. The highest BCUT2D eigenvalue weighted by Crippen LogP contribution is 2.23. The van der Waals surface area contributed by atoms with Crippen molar-refractivity contribution in [1.29, 1.82) is 0 Å². The summed E-state index contributed by atoms with van der Waals surface area (Å²) < 4.78 is 9.76. The topological polar surface area (TPSA) is 92.8 Å². The van der Waals surface area contributed by atoms with E-state index in [9.17, 15) is 9.90 Å². The lowest BCUT2D eigenvalue weighted by molar-refractivity contribution is 0.0461. The van der Waals surface area contributed by atoms with E-state index >= 15 is 0 Å². The molecule has 18 heavy (non-hydrogen) atoms. The minimum absolute atomic E-state index is 0.0204. The van der Waals surface area contributed by atoms with Gasteiger partial charge < -0.3 is 19.5 Å². The minimum Gasteiger partial charge on any atom is -0.508 e. The molecule has 0 radical (unpaired) electrons. The first kappa shape index (κ1) is 12.0. The average Bonchev–Trinajstić information content (AvgIpc) is 2.72. The van der Waals surface area contributed by atoms with Crippen molar-refractivity contribution in [2.45, 2.75) is 13.5 Å². The van der Waals surface area contributed by atoms with Crippen molar-refractivity contribution in [3.05, 3.63) is 41.3 Å². The van der Waals surface area contributed by atoms with Gasteiger partial charge in [-0.2, -0.15) is 0 Å². The van der Waals surface area contributed by atoms with Crippen LogP contribution in [0.2, 0.25) is 0 Å². The van der Waals surface area contributed by atoms with E-state index in [4.69, 9.17) is 14.4 Å². The zero-order chi connectivity index (χ0) is 13.1. The quantitative estimate of drug-likeness (QED) is 0.805. The fraction of sp³-hybridized carbons (Fsp3) is 0.167. The number of nitrogens with zero attached hydrogens (tertiary/aromatic N) is 1. The summed E-state index contributed by atoms with van der Waals surface area (Å²) in [6.45, 7) is 1.68. The molecule has 0 unspecified atom stereocenters. The molecule has 0 fully saturated rings. The van der Waals surface area contributed by atoms with Gasteiger partial charge in [0.25, 0.3) is 0 Å². The van der Waals surface area contributed by atoms with Crippen molar-refractivity contribution >= 4 is 5.97 Å². The van der Waals surface area contributed by atoms with Gasteiger partial charge in [-0.25, -0.2) is 4.79 Å². The lowest BCUT2D eigenvalue weighted by Gasteiger charge is -2.04.